The Labute approximate surface area is 42.3 Å². The molecule has 0 unspecified atom stereocenters. The van der Waals surface area contributed by atoms with Gasteiger partial charge in [-0.3, -0.25) is 10.9 Å². The van der Waals surface area contributed by atoms with Crippen molar-refractivity contribution in [1.29, 1.82) is 0 Å². The van der Waals surface area contributed by atoms with Crippen molar-refractivity contribution in [2.24, 2.45) is 0 Å². The maximum atomic E-state index is 2.97. The minimum atomic E-state index is 0. The van der Waals surface area contributed by atoms with Gasteiger partial charge in [0.25, 0.3) is 0 Å². The fourth-order valence-corrected chi connectivity index (χ4v) is 0.442. The molecule has 0 saturated carbocycles. The van der Waals surface area contributed by atoms with Crippen LogP contribution >= 0.6 is 0 Å². The zero-order valence-corrected chi connectivity index (χ0v) is 3.12. The van der Waals surface area contributed by atoms with Crippen LogP contribution in [-0.2, 0) is 0 Å². The van der Waals surface area contributed by atoms with Crippen molar-refractivity contribution >= 4 is 11.0 Å². The van der Waals surface area contributed by atoms with Gasteiger partial charge in [0.15, 0.2) is 0 Å². The second-order valence-corrected chi connectivity index (χ2v) is 1.21. The highest BCUT2D eigenvalue weighted by molar-refractivity contribution is 5.75. The Hall–Kier alpha value is 0.137. The van der Waals surface area contributed by atoms with Crippen LogP contribution < -0.4 is 10.9 Å². The van der Waals surface area contributed by atoms with Gasteiger partial charge in [-0.05, 0) is 17.4 Å². The first-order valence-electron chi connectivity index (χ1n) is 1.96. The van der Waals surface area contributed by atoms with Gasteiger partial charge in [0, 0.05) is 13.1 Å². The Balaban J connectivity index is 0.000000250. The molecule has 1 aliphatic rings. The molecule has 0 atom stereocenters. The highest BCUT2D eigenvalue weighted by Crippen LogP contribution is 1.74. The van der Waals surface area contributed by atoms with E-state index >= 15 is 0 Å². The molecule has 6 heavy (non-hydrogen) atoms. The van der Waals surface area contributed by atoms with E-state index in [1.54, 1.807) is 0 Å². The van der Waals surface area contributed by atoms with Crippen LogP contribution in [0.5, 0.6) is 0 Å². The molecule has 1 aliphatic heterocycles. The molecule has 0 radical (unpaired) electrons. The van der Waals surface area contributed by atoms with E-state index in [9.17, 15) is 0 Å². The second kappa shape index (κ2) is 3.33. The predicted octanol–water partition coefficient (Wildman–Crippen LogP) is -1.97. The van der Waals surface area contributed by atoms with Crippen LogP contribution in [0, 0.1) is 0 Å². The van der Waals surface area contributed by atoms with Crippen molar-refractivity contribution in [2.75, 3.05) is 13.1 Å². The number of rotatable bonds is 0. The fourth-order valence-electron chi connectivity index (χ4n) is 0.442. The number of hydrogen-bond acceptors (Lipinski definition) is 2. The smallest absolute Gasteiger partial charge is 0.0112 e. The van der Waals surface area contributed by atoms with Crippen molar-refractivity contribution in [3.63, 3.8) is 0 Å². The van der Waals surface area contributed by atoms with E-state index in [-0.39, 0.29) is 11.0 Å². The third-order valence-corrected chi connectivity index (χ3v) is 0.729. The highest BCUT2D eigenvalue weighted by atomic mass is 28.1. The third kappa shape index (κ3) is 1.54. The molecule has 3 heteroatoms. The molecule has 0 aliphatic carbocycles. The molecular formula is C3H12N2Si. The summed E-state index contributed by atoms with van der Waals surface area (Å²) >= 11 is 0. The molecule has 38 valence electrons. The molecular weight excluding hydrogens is 92.1 g/mol. The largest absolute Gasteiger partial charge is 0.258 e. The van der Waals surface area contributed by atoms with E-state index in [0.717, 1.165) is 13.1 Å². The molecule has 2 nitrogen and oxygen atoms in total. The van der Waals surface area contributed by atoms with Gasteiger partial charge in [-0.15, -0.1) is 0 Å². The van der Waals surface area contributed by atoms with E-state index in [1.165, 1.54) is 6.42 Å². The summed E-state index contributed by atoms with van der Waals surface area (Å²) in [7, 11) is 0. The second-order valence-electron chi connectivity index (χ2n) is 1.21. The molecule has 1 rings (SSSR count). The molecule has 2 N–H and O–H groups in total. The SMILES string of the molecule is C1CNNC1.[SiH4]. The van der Waals surface area contributed by atoms with Crippen LogP contribution in [0.1, 0.15) is 6.42 Å². The van der Waals surface area contributed by atoms with E-state index in [0.29, 0.717) is 0 Å². The summed E-state index contributed by atoms with van der Waals surface area (Å²) < 4.78 is 0. The summed E-state index contributed by atoms with van der Waals surface area (Å²) in [6.45, 7) is 2.28. The van der Waals surface area contributed by atoms with Gasteiger partial charge in [0.1, 0.15) is 0 Å². The topological polar surface area (TPSA) is 24.1 Å². The zero-order valence-electron chi connectivity index (χ0n) is 3.12. The molecule has 0 aromatic rings. The molecule has 0 aromatic heterocycles. The first-order chi connectivity index (χ1) is 2.50. The predicted molar refractivity (Wildman–Crippen MR) is 32.0 cm³/mol. The van der Waals surface area contributed by atoms with Gasteiger partial charge >= 0.3 is 0 Å². The molecule has 1 heterocycles. The molecule has 0 aromatic carbocycles. The molecule has 0 amide bonds. The van der Waals surface area contributed by atoms with E-state index in [4.69, 9.17) is 0 Å². The van der Waals surface area contributed by atoms with Crippen molar-refractivity contribution in [3.05, 3.63) is 0 Å². The summed E-state index contributed by atoms with van der Waals surface area (Å²) in [5, 5.41) is 0. The monoisotopic (exact) mass is 104 g/mol. The van der Waals surface area contributed by atoms with Gasteiger partial charge in [-0.2, -0.15) is 0 Å². The standard InChI is InChI=1S/C3H8N2.H4Si/c1-2-4-5-3-1;/h4-5H,1-3H2;1H4. The first-order valence-corrected chi connectivity index (χ1v) is 1.96. The molecule has 1 saturated heterocycles. The average molecular weight is 104 g/mol. The maximum absolute atomic E-state index is 2.97. The fraction of sp³-hybridized carbons (Fsp3) is 1.00. The number of hydrogen-bond donors (Lipinski definition) is 2. The van der Waals surface area contributed by atoms with Gasteiger partial charge < -0.3 is 0 Å². The lowest BCUT2D eigenvalue weighted by molar-refractivity contribution is 0.689. The molecule has 0 spiro atoms. The maximum Gasteiger partial charge on any atom is 0.0112 e. The quantitative estimate of drug-likeness (QED) is 0.348. The summed E-state index contributed by atoms with van der Waals surface area (Å²) in [6, 6.07) is 0. The van der Waals surface area contributed by atoms with Crippen LogP contribution in [0.25, 0.3) is 0 Å². The highest BCUT2D eigenvalue weighted by Gasteiger charge is 1.91. The summed E-state index contributed by atoms with van der Waals surface area (Å²) in [6.07, 6.45) is 1.28. The Morgan fingerprint density at radius 1 is 1.00 bits per heavy atom. The van der Waals surface area contributed by atoms with Crippen molar-refractivity contribution in [3.8, 4) is 0 Å². The zero-order chi connectivity index (χ0) is 3.54. The summed E-state index contributed by atoms with van der Waals surface area (Å²) in [5.74, 6) is 0. The van der Waals surface area contributed by atoms with Gasteiger partial charge in [0.2, 0.25) is 0 Å². The van der Waals surface area contributed by atoms with E-state index < -0.39 is 0 Å². The van der Waals surface area contributed by atoms with Gasteiger partial charge in [-0.1, -0.05) is 0 Å². The lowest BCUT2D eigenvalue weighted by atomic mass is 10.5. The third-order valence-electron chi connectivity index (χ3n) is 0.729. The minimum absolute atomic E-state index is 0. The van der Waals surface area contributed by atoms with Crippen molar-refractivity contribution in [2.45, 2.75) is 6.42 Å². The summed E-state index contributed by atoms with van der Waals surface area (Å²) in [5.41, 5.74) is 5.94. The van der Waals surface area contributed by atoms with Gasteiger partial charge in [0.05, 0.1) is 0 Å². The van der Waals surface area contributed by atoms with Gasteiger partial charge in [-0.25, -0.2) is 0 Å². The van der Waals surface area contributed by atoms with Crippen LogP contribution in [0.2, 0.25) is 0 Å². The van der Waals surface area contributed by atoms with Crippen molar-refractivity contribution in [1.82, 2.24) is 10.9 Å². The van der Waals surface area contributed by atoms with E-state index in [1.807, 2.05) is 0 Å². The molecule has 0 bridgehead atoms. The number of nitrogens with one attached hydrogen (secondary N) is 2. The van der Waals surface area contributed by atoms with Crippen molar-refractivity contribution < 1.29 is 0 Å². The normalized spacial score (nSPS) is 20.0. The Morgan fingerprint density at radius 3 is 1.67 bits per heavy atom. The summed E-state index contributed by atoms with van der Waals surface area (Å²) in [4.78, 5) is 0. The van der Waals surface area contributed by atoms with Crippen LogP contribution in [0.3, 0.4) is 0 Å². The Morgan fingerprint density at radius 2 is 1.50 bits per heavy atom. The lowest BCUT2D eigenvalue weighted by Gasteiger charge is -1.81. The first kappa shape index (κ1) is 6.14. The number of hydrazine groups is 1. The Bertz CT molecular complexity index is 20.4. The minimum Gasteiger partial charge on any atom is -0.258 e. The molecule has 1 fully saturated rings. The van der Waals surface area contributed by atoms with Crippen LogP contribution in [0.4, 0.5) is 0 Å². The lowest BCUT2D eigenvalue weighted by Crippen LogP contribution is -2.21. The van der Waals surface area contributed by atoms with E-state index in [2.05, 4.69) is 10.9 Å². The van der Waals surface area contributed by atoms with Crippen LogP contribution in [0.15, 0.2) is 0 Å². The Kier molecular flexibility index (Phi) is 3.41. The van der Waals surface area contributed by atoms with Crippen LogP contribution in [-0.4, -0.2) is 24.1 Å². The average Bonchev–Trinajstić information content (AvgIpc) is 1.76.